The highest BCUT2D eigenvalue weighted by molar-refractivity contribution is 7.91. The molecule has 0 bridgehead atoms. The summed E-state index contributed by atoms with van der Waals surface area (Å²) in [5.74, 6) is -0.457. The van der Waals surface area contributed by atoms with Crippen LogP contribution in [0.2, 0.25) is 10.0 Å². The molecule has 2 heterocycles. The molecule has 0 aliphatic carbocycles. The molecule has 2 fully saturated rings. The minimum Gasteiger partial charge on any atom is -0.481 e. The van der Waals surface area contributed by atoms with Crippen LogP contribution < -0.4 is 0 Å². The van der Waals surface area contributed by atoms with Crippen LogP contribution in [0.4, 0.5) is 0 Å². The molecule has 5 rings (SSSR count). The summed E-state index contributed by atoms with van der Waals surface area (Å²) >= 11 is 12.6. The quantitative estimate of drug-likeness (QED) is 0.367. The van der Waals surface area contributed by atoms with Gasteiger partial charge in [-0.2, -0.15) is 5.26 Å². The minimum absolute atomic E-state index is 0.0216. The first-order valence-electron chi connectivity index (χ1n) is 14.4. The predicted octanol–water partition coefficient (Wildman–Crippen LogP) is 4.77. The number of likely N-dealkylation sites (tertiary alicyclic amines) is 1. The summed E-state index contributed by atoms with van der Waals surface area (Å²) in [6, 6.07) is 19.3. The third kappa shape index (κ3) is 8.71. The van der Waals surface area contributed by atoms with E-state index >= 15 is 0 Å². The normalized spacial score (nSPS) is 17.5. The molecule has 0 aromatic heterocycles. The second kappa shape index (κ2) is 14.7. The second-order valence-corrected chi connectivity index (χ2v) is 14.4. The van der Waals surface area contributed by atoms with E-state index in [0.29, 0.717) is 46.8 Å². The van der Waals surface area contributed by atoms with Gasteiger partial charge in [0.1, 0.15) is 0 Å². The number of halogens is 2. The molecule has 12 heteroatoms. The Labute approximate surface area is 268 Å². The Balaban J connectivity index is 0.00000104. The molecule has 234 valence electrons. The fraction of sp³-hybridized carbons (Fsp3) is 0.406. The Kier molecular flexibility index (Phi) is 11.3. The lowest BCUT2D eigenvalue weighted by atomic mass is 9.93. The summed E-state index contributed by atoms with van der Waals surface area (Å²) in [7, 11) is -1.09. The predicted molar refractivity (Wildman–Crippen MR) is 173 cm³/mol. The third-order valence-electron chi connectivity index (χ3n) is 8.10. The van der Waals surface area contributed by atoms with Crippen molar-refractivity contribution in [3.05, 3.63) is 81.3 Å². The third-order valence-corrected chi connectivity index (χ3v) is 10.5. The van der Waals surface area contributed by atoms with Crippen molar-refractivity contribution < 1.29 is 23.1 Å². The first kappa shape index (κ1) is 33.7. The number of nitrogens with zero attached hydrogens (tertiary/aromatic N) is 4. The van der Waals surface area contributed by atoms with Gasteiger partial charge in [0.2, 0.25) is 0 Å². The molecule has 3 aromatic rings. The van der Waals surface area contributed by atoms with Gasteiger partial charge in [0.15, 0.2) is 9.84 Å². The number of sulfone groups is 1. The van der Waals surface area contributed by atoms with E-state index in [1.54, 1.807) is 30.1 Å². The van der Waals surface area contributed by atoms with Crippen LogP contribution >= 0.6 is 23.2 Å². The van der Waals surface area contributed by atoms with Crippen LogP contribution in [0.5, 0.6) is 0 Å². The molecule has 1 N–H and O–H groups in total. The maximum atomic E-state index is 13.7. The van der Waals surface area contributed by atoms with E-state index in [4.69, 9.17) is 33.1 Å². The summed E-state index contributed by atoms with van der Waals surface area (Å²) in [5, 5.41) is 19.6. The van der Waals surface area contributed by atoms with Gasteiger partial charge in [-0.15, -0.1) is 0 Å². The maximum absolute atomic E-state index is 13.7. The van der Waals surface area contributed by atoms with E-state index in [9.17, 15) is 18.5 Å². The minimum atomic E-state index is -2.88. The van der Waals surface area contributed by atoms with E-state index in [1.165, 1.54) is 0 Å². The van der Waals surface area contributed by atoms with Gasteiger partial charge in [0.25, 0.3) is 11.9 Å². The standard InChI is InChI=1S/C30H32Cl2N4O3S.C2H4O2/c1-34(30(37)27-15-21(17-33)14-23-4-2-3-5-26(23)27)18-24(22-6-7-28(31)29(32)16-22)8-9-35-19-25(20-35)36-10-12-40(38,39)13-11-36;1-2(3)4/h2-7,14-16,24-25H,8-13,18-20H2,1H3;1H3,(H,3,4)/t24-;/m1./s1. The molecule has 0 unspecified atom stereocenters. The van der Waals surface area contributed by atoms with Gasteiger partial charge in [-0.1, -0.05) is 53.5 Å². The van der Waals surface area contributed by atoms with Crippen LogP contribution in [-0.2, 0) is 14.6 Å². The molecular formula is C32H36Cl2N4O5S. The second-order valence-electron chi connectivity index (χ2n) is 11.3. The number of rotatable bonds is 8. The summed E-state index contributed by atoms with van der Waals surface area (Å²) in [4.78, 5) is 29.1. The fourth-order valence-electron chi connectivity index (χ4n) is 5.69. The van der Waals surface area contributed by atoms with E-state index in [2.05, 4.69) is 15.9 Å². The lowest BCUT2D eigenvalue weighted by Gasteiger charge is -2.47. The van der Waals surface area contributed by atoms with Crippen molar-refractivity contribution in [3.8, 4) is 6.07 Å². The van der Waals surface area contributed by atoms with Gasteiger partial charge in [-0.3, -0.25) is 14.5 Å². The van der Waals surface area contributed by atoms with Gasteiger partial charge >= 0.3 is 0 Å². The lowest BCUT2D eigenvalue weighted by Crippen LogP contribution is -2.62. The Morgan fingerprint density at radius 1 is 1.07 bits per heavy atom. The van der Waals surface area contributed by atoms with Crippen LogP contribution in [0, 0.1) is 11.3 Å². The number of carboxylic acid groups (broad SMARTS) is 1. The number of likely N-dealkylation sites (N-methyl/N-ethyl adjacent to an activating group) is 1. The topological polar surface area (TPSA) is 122 Å². The van der Waals surface area contributed by atoms with Crippen molar-refractivity contribution in [3.63, 3.8) is 0 Å². The van der Waals surface area contributed by atoms with Gasteiger partial charge in [-0.25, -0.2) is 8.42 Å². The SMILES string of the molecule is CC(=O)O.CN(C[C@@H](CCN1CC(N2CCS(=O)(=O)CC2)C1)c1ccc(Cl)c(Cl)c1)C(=O)c1cc(C#N)cc2ccccc12. The monoisotopic (exact) mass is 658 g/mol. The van der Waals surface area contributed by atoms with E-state index in [-0.39, 0.29) is 23.3 Å². The molecular weight excluding hydrogens is 623 g/mol. The number of aliphatic carboxylic acids is 1. The zero-order valence-electron chi connectivity index (χ0n) is 24.7. The van der Waals surface area contributed by atoms with E-state index in [1.807, 2.05) is 36.4 Å². The molecule has 1 atom stereocenters. The van der Waals surface area contributed by atoms with Gasteiger partial charge in [0.05, 0.1) is 33.2 Å². The number of fused-ring (bicyclic) bond motifs is 1. The summed E-state index contributed by atoms with van der Waals surface area (Å²) in [5.41, 5.74) is 1.98. The molecule has 3 aromatic carbocycles. The number of hydrogen-bond donors (Lipinski definition) is 1. The fourth-order valence-corrected chi connectivity index (χ4v) is 7.22. The first-order chi connectivity index (χ1) is 20.9. The number of carbonyl (C=O) groups is 2. The number of amides is 1. The number of carbonyl (C=O) groups excluding carboxylic acids is 1. The maximum Gasteiger partial charge on any atom is 0.300 e. The number of benzene rings is 3. The Morgan fingerprint density at radius 2 is 1.73 bits per heavy atom. The highest BCUT2D eigenvalue weighted by Gasteiger charge is 2.35. The summed E-state index contributed by atoms with van der Waals surface area (Å²) < 4.78 is 23.5. The molecule has 44 heavy (non-hydrogen) atoms. The average molecular weight is 660 g/mol. The lowest BCUT2D eigenvalue weighted by molar-refractivity contribution is -0.134. The largest absolute Gasteiger partial charge is 0.481 e. The van der Waals surface area contributed by atoms with E-state index < -0.39 is 15.8 Å². The van der Waals surface area contributed by atoms with Crippen molar-refractivity contribution in [1.82, 2.24) is 14.7 Å². The highest BCUT2D eigenvalue weighted by atomic mass is 35.5. The Bertz CT molecular complexity index is 1650. The number of nitriles is 1. The van der Waals surface area contributed by atoms with Crippen LogP contribution in [0.3, 0.4) is 0 Å². The molecule has 1 amide bonds. The molecule has 0 spiro atoms. The summed E-state index contributed by atoms with van der Waals surface area (Å²) in [6.07, 6.45) is 0.815. The zero-order chi connectivity index (χ0) is 32.0. The molecule has 2 saturated heterocycles. The molecule has 9 nitrogen and oxygen atoms in total. The molecule has 0 radical (unpaired) electrons. The average Bonchev–Trinajstić information content (AvgIpc) is 2.96. The first-order valence-corrected chi connectivity index (χ1v) is 16.9. The highest BCUT2D eigenvalue weighted by Crippen LogP contribution is 2.31. The smallest absolute Gasteiger partial charge is 0.300 e. The Morgan fingerprint density at radius 3 is 2.36 bits per heavy atom. The number of hydrogen-bond acceptors (Lipinski definition) is 7. The van der Waals surface area contributed by atoms with Crippen molar-refractivity contribution >= 4 is 55.7 Å². The van der Waals surface area contributed by atoms with E-state index in [0.717, 1.165) is 49.3 Å². The van der Waals surface area contributed by atoms with Crippen molar-refractivity contribution in [1.29, 1.82) is 5.26 Å². The Hall–Kier alpha value is -3.20. The molecule has 2 aliphatic heterocycles. The van der Waals surface area contributed by atoms with Crippen molar-refractivity contribution in [2.75, 3.05) is 57.8 Å². The molecule has 0 saturated carbocycles. The number of carboxylic acids is 1. The van der Waals surface area contributed by atoms with Crippen LogP contribution in [-0.4, -0.2) is 104 Å². The van der Waals surface area contributed by atoms with Gasteiger partial charge in [-0.05, 0) is 53.6 Å². The molecule has 2 aliphatic rings. The van der Waals surface area contributed by atoms with Crippen LogP contribution in [0.15, 0.2) is 54.6 Å². The van der Waals surface area contributed by atoms with Crippen LogP contribution in [0.25, 0.3) is 10.8 Å². The van der Waals surface area contributed by atoms with Crippen molar-refractivity contribution in [2.45, 2.75) is 25.3 Å². The van der Waals surface area contributed by atoms with Crippen LogP contribution in [0.1, 0.15) is 40.7 Å². The summed E-state index contributed by atoms with van der Waals surface area (Å²) in [6.45, 7) is 5.46. The van der Waals surface area contributed by atoms with Gasteiger partial charge < -0.3 is 14.9 Å². The van der Waals surface area contributed by atoms with Gasteiger partial charge in [0, 0.05) is 64.2 Å². The van der Waals surface area contributed by atoms with Crippen molar-refractivity contribution in [2.24, 2.45) is 0 Å². The zero-order valence-corrected chi connectivity index (χ0v) is 27.1.